The van der Waals surface area contributed by atoms with Gasteiger partial charge in [0.15, 0.2) is 0 Å². The molecule has 1 saturated heterocycles. The van der Waals surface area contributed by atoms with Crippen molar-refractivity contribution in [3.63, 3.8) is 0 Å². The van der Waals surface area contributed by atoms with Crippen LogP contribution in [0.1, 0.15) is 23.3 Å². The van der Waals surface area contributed by atoms with E-state index in [0.717, 1.165) is 19.1 Å². The van der Waals surface area contributed by atoms with E-state index in [9.17, 15) is 0 Å². The van der Waals surface area contributed by atoms with E-state index in [-0.39, 0.29) is 0 Å². The van der Waals surface area contributed by atoms with Gasteiger partial charge in [0, 0.05) is 37.1 Å². The van der Waals surface area contributed by atoms with Gasteiger partial charge in [-0.3, -0.25) is 4.90 Å². The molecule has 1 unspecified atom stereocenters. The summed E-state index contributed by atoms with van der Waals surface area (Å²) < 4.78 is 0. The highest BCUT2D eigenvalue weighted by Crippen LogP contribution is 2.17. The molecular formula is C15H27N3S. The zero-order chi connectivity index (χ0) is 13.7. The monoisotopic (exact) mass is 281 g/mol. The summed E-state index contributed by atoms with van der Waals surface area (Å²) in [4.78, 5) is 6.44. The van der Waals surface area contributed by atoms with Gasteiger partial charge in [-0.2, -0.15) is 0 Å². The van der Waals surface area contributed by atoms with Crippen LogP contribution in [0, 0.1) is 6.92 Å². The van der Waals surface area contributed by atoms with Crippen LogP contribution < -0.4 is 5.32 Å². The zero-order valence-electron chi connectivity index (χ0n) is 12.5. The first-order valence-electron chi connectivity index (χ1n) is 7.29. The van der Waals surface area contributed by atoms with Crippen LogP contribution in [0.2, 0.25) is 0 Å². The summed E-state index contributed by atoms with van der Waals surface area (Å²) in [5.41, 5.74) is 1.42. The van der Waals surface area contributed by atoms with Crippen LogP contribution >= 0.6 is 11.3 Å². The molecule has 4 heteroatoms. The molecule has 2 rings (SSSR count). The average molecular weight is 281 g/mol. The number of nitrogens with zero attached hydrogens (tertiary/aromatic N) is 2. The van der Waals surface area contributed by atoms with E-state index >= 15 is 0 Å². The van der Waals surface area contributed by atoms with Gasteiger partial charge in [-0.25, -0.2) is 0 Å². The van der Waals surface area contributed by atoms with Gasteiger partial charge in [0.05, 0.1) is 0 Å². The second-order valence-electron chi connectivity index (χ2n) is 5.80. The molecule has 2 heterocycles. The summed E-state index contributed by atoms with van der Waals surface area (Å²) in [5, 5.41) is 5.77. The first kappa shape index (κ1) is 15.0. The van der Waals surface area contributed by atoms with E-state index < -0.39 is 0 Å². The molecule has 1 fully saturated rings. The van der Waals surface area contributed by atoms with Crippen molar-refractivity contribution in [3.05, 3.63) is 21.9 Å². The van der Waals surface area contributed by atoms with Gasteiger partial charge in [-0.15, -0.1) is 11.3 Å². The first-order valence-corrected chi connectivity index (χ1v) is 8.17. The van der Waals surface area contributed by atoms with Crippen LogP contribution in [0.3, 0.4) is 0 Å². The highest BCUT2D eigenvalue weighted by molar-refractivity contribution is 7.10. The number of likely N-dealkylation sites (N-methyl/N-ethyl adjacent to an activating group) is 1. The van der Waals surface area contributed by atoms with Gasteiger partial charge in [0.2, 0.25) is 0 Å². The molecule has 1 aromatic heterocycles. The number of rotatable bonds is 7. The standard InChI is InChI=1S/C15H27N3S/c1-13-6-10-19-15(13)11-16-7-9-18-8-4-5-14(18)12-17(2)3/h6,10,14,16H,4-5,7-9,11-12H2,1-3H3. The summed E-state index contributed by atoms with van der Waals surface area (Å²) >= 11 is 1.86. The molecule has 0 spiro atoms. The number of nitrogens with one attached hydrogen (secondary N) is 1. The third-order valence-corrected chi connectivity index (χ3v) is 4.93. The second kappa shape index (κ2) is 7.39. The lowest BCUT2D eigenvalue weighted by atomic mass is 10.2. The molecule has 3 nitrogen and oxygen atoms in total. The van der Waals surface area contributed by atoms with Crippen LogP contribution in [-0.4, -0.2) is 56.1 Å². The molecule has 0 aromatic carbocycles. The summed E-state index contributed by atoms with van der Waals surface area (Å²) in [6.45, 7) is 7.98. The molecule has 108 valence electrons. The molecule has 0 aliphatic carbocycles. The first-order chi connectivity index (χ1) is 9.16. The maximum Gasteiger partial charge on any atom is 0.0302 e. The Morgan fingerprint density at radius 1 is 1.47 bits per heavy atom. The lowest BCUT2D eigenvalue weighted by Crippen LogP contribution is -2.40. The van der Waals surface area contributed by atoms with Crippen LogP contribution in [0.25, 0.3) is 0 Å². The van der Waals surface area contributed by atoms with Crippen molar-refractivity contribution in [1.82, 2.24) is 15.1 Å². The molecule has 0 saturated carbocycles. The Morgan fingerprint density at radius 3 is 3.00 bits per heavy atom. The van der Waals surface area contributed by atoms with Crippen molar-refractivity contribution in [2.45, 2.75) is 32.4 Å². The molecule has 0 bridgehead atoms. The molecule has 1 aliphatic heterocycles. The van der Waals surface area contributed by atoms with Crippen molar-refractivity contribution in [3.8, 4) is 0 Å². The lowest BCUT2D eigenvalue weighted by Gasteiger charge is -2.27. The highest BCUT2D eigenvalue weighted by atomic mass is 32.1. The third-order valence-electron chi connectivity index (χ3n) is 3.90. The number of likely N-dealkylation sites (tertiary alicyclic amines) is 1. The SMILES string of the molecule is Cc1ccsc1CNCCN1CCCC1CN(C)C. The van der Waals surface area contributed by atoms with Gasteiger partial charge in [-0.1, -0.05) is 0 Å². The quantitative estimate of drug-likeness (QED) is 0.773. The van der Waals surface area contributed by atoms with E-state index in [2.05, 4.69) is 47.6 Å². The summed E-state index contributed by atoms with van der Waals surface area (Å²) in [6, 6.07) is 2.97. The Morgan fingerprint density at radius 2 is 2.32 bits per heavy atom. The molecular weight excluding hydrogens is 254 g/mol. The van der Waals surface area contributed by atoms with E-state index in [1.165, 1.54) is 42.9 Å². The maximum atomic E-state index is 3.58. The minimum absolute atomic E-state index is 0.764. The van der Waals surface area contributed by atoms with Crippen LogP contribution in [0.5, 0.6) is 0 Å². The number of hydrogen-bond donors (Lipinski definition) is 1. The Hall–Kier alpha value is -0.420. The Labute approximate surface area is 121 Å². The van der Waals surface area contributed by atoms with Crippen molar-refractivity contribution in [1.29, 1.82) is 0 Å². The Balaban J connectivity index is 1.66. The van der Waals surface area contributed by atoms with Crippen LogP contribution in [-0.2, 0) is 6.54 Å². The molecule has 1 aromatic rings. The van der Waals surface area contributed by atoms with Gasteiger partial charge in [0.25, 0.3) is 0 Å². The minimum atomic E-state index is 0.764. The van der Waals surface area contributed by atoms with Gasteiger partial charge in [-0.05, 0) is 57.4 Å². The average Bonchev–Trinajstić information content (AvgIpc) is 2.94. The van der Waals surface area contributed by atoms with Crippen molar-refractivity contribution >= 4 is 11.3 Å². The van der Waals surface area contributed by atoms with E-state index in [0.29, 0.717) is 0 Å². The molecule has 1 aliphatic rings. The van der Waals surface area contributed by atoms with Gasteiger partial charge < -0.3 is 10.2 Å². The maximum absolute atomic E-state index is 3.58. The summed E-state index contributed by atoms with van der Waals surface area (Å²) in [6.07, 6.45) is 2.73. The normalized spacial score (nSPS) is 20.5. The van der Waals surface area contributed by atoms with E-state index in [1.807, 2.05) is 11.3 Å². The predicted octanol–water partition coefficient (Wildman–Crippen LogP) is 2.17. The van der Waals surface area contributed by atoms with Gasteiger partial charge >= 0.3 is 0 Å². The van der Waals surface area contributed by atoms with Crippen molar-refractivity contribution in [2.75, 3.05) is 40.3 Å². The zero-order valence-corrected chi connectivity index (χ0v) is 13.3. The number of aryl methyl sites for hydroxylation is 1. The fourth-order valence-electron chi connectivity index (χ4n) is 2.83. The van der Waals surface area contributed by atoms with Crippen LogP contribution in [0.4, 0.5) is 0 Å². The highest BCUT2D eigenvalue weighted by Gasteiger charge is 2.23. The lowest BCUT2D eigenvalue weighted by molar-refractivity contribution is 0.208. The fourth-order valence-corrected chi connectivity index (χ4v) is 3.70. The molecule has 0 radical (unpaired) electrons. The number of thiophene rings is 1. The van der Waals surface area contributed by atoms with Gasteiger partial charge in [0.1, 0.15) is 0 Å². The number of hydrogen-bond acceptors (Lipinski definition) is 4. The third kappa shape index (κ3) is 4.56. The summed E-state index contributed by atoms with van der Waals surface area (Å²) in [7, 11) is 4.35. The Bertz CT molecular complexity index is 375. The van der Waals surface area contributed by atoms with Crippen molar-refractivity contribution < 1.29 is 0 Å². The second-order valence-corrected chi connectivity index (χ2v) is 6.80. The van der Waals surface area contributed by atoms with Crippen LogP contribution in [0.15, 0.2) is 11.4 Å². The summed E-state index contributed by atoms with van der Waals surface area (Å²) in [5.74, 6) is 0. The largest absolute Gasteiger partial charge is 0.311 e. The molecule has 19 heavy (non-hydrogen) atoms. The topological polar surface area (TPSA) is 18.5 Å². The smallest absolute Gasteiger partial charge is 0.0302 e. The van der Waals surface area contributed by atoms with E-state index in [4.69, 9.17) is 0 Å². The fraction of sp³-hybridized carbons (Fsp3) is 0.733. The minimum Gasteiger partial charge on any atom is -0.311 e. The molecule has 0 amide bonds. The predicted molar refractivity (Wildman–Crippen MR) is 83.9 cm³/mol. The van der Waals surface area contributed by atoms with Crippen molar-refractivity contribution in [2.24, 2.45) is 0 Å². The van der Waals surface area contributed by atoms with E-state index in [1.54, 1.807) is 0 Å². The molecule has 1 atom stereocenters. The molecule has 1 N–H and O–H groups in total. The Kier molecular flexibility index (Phi) is 5.82.